The number of nitrogens with zero attached hydrogens (tertiary/aromatic N) is 2. The van der Waals surface area contributed by atoms with E-state index in [1.807, 2.05) is 12.1 Å². The second-order valence-electron chi connectivity index (χ2n) is 8.25. The lowest BCUT2D eigenvalue weighted by molar-refractivity contribution is -0.137. The van der Waals surface area contributed by atoms with Gasteiger partial charge in [-0.25, -0.2) is 0 Å². The van der Waals surface area contributed by atoms with Crippen molar-refractivity contribution in [3.8, 4) is 0 Å². The smallest absolute Gasteiger partial charge is 0.379 e. The standard InChI is InChI=1S/C25H26F3N3O3S/c26-25(27,28)19-8-6-18(7-9-19)16-22-24(33)31(20-4-1-2-5-21(20)35-22)17-23(32)29-10-3-11-30-12-14-34-15-13-30/h1-2,4-9,16H,3,10-15,17H2,(H,29,32). The SMILES string of the molecule is O=C(CN1C(=O)C(=Cc2ccc(C(F)(F)F)cc2)Sc2ccccc21)NCCCN1CCOCC1. The summed E-state index contributed by atoms with van der Waals surface area (Å²) in [6.07, 6.45) is -2.08. The molecule has 4 rings (SSSR count). The molecule has 0 bridgehead atoms. The summed E-state index contributed by atoms with van der Waals surface area (Å²) in [7, 11) is 0. The van der Waals surface area contributed by atoms with Crippen LogP contribution in [0.25, 0.3) is 6.08 Å². The van der Waals surface area contributed by atoms with Gasteiger partial charge in [-0.2, -0.15) is 13.2 Å². The van der Waals surface area contributed by atoms with Crippen LogP contribution in [0.5, 0.6) is 0 Å². The van der Waals surface area contributed by atoms with Crippen LogP contribution < -0.4 is 10.2 Å². The normalized spacial score (nSPS) is 18.0. The van der Waals surface area contributed by atoms with Crippen molar-refractivity contribution >= 4 is 35.3 Å². The van der Waals surface area contributed by atoms with Gasteiger partial charge in [-0.15, -0.1) is 0 Å². The van der Waals surface area contributed by atoms with Gasteiger partial charge in [0, 0.05) is 24.5 Å². The predicted octanol–water partition coefficient (Wildman–Crippen LogP) is 4.02. The molecule has 1 N–H and O–H groups in total. The van der Waals surface area contributed by atoms with E-state index < -0.39 is 11.7 Å². The minimum Gasteiger partial charge on any atom is -0.379 e. The van der Waals surface area contributed by atoms with E-state index in [1.54, 1.807) is 18.2 Å². The summed E-state index contributed by atoms with van der Waals surface area (Å²) in [5.41, 5.74) is 0.357. The summed E-state index contributed by atoms with van der Waals surface area (Å²) in [6, 6.07) is 11.9. The van der Waals surface area contributed by atoms with E-state index in [1.165, 1.54) is 28.8 Å². The number of carbonyl (C=O) groups is 2. The zero-order valence-electron chi connectivity index (χ0n) is 19.0. The fourth-order valence-corrected chi connectivity index (χ4v) is 4.95. The van der Waals surface area contributed by atoms with E-state index in [2.05, 4.69) is 10.2 Å². The van der Waals surface area contributed by atoms with E-state index >= 15 is 0 Å². The van der Waals surface area contributed by atoms with Crippen LogP contribution in [0.1, 0.15) is 17.5 Å². The molecule has 10 heteroatoms. The van der Waals surface area contributed by atoms with E-state index in [4.69, 9.17) is 4.74 Å². The van der Waals surface area contributed by atoms with Crippen LogP contribution in [0.2, 0.25) is 0 Å². The van der Waals surface area contributed by atoms with Gasteiger partial charge in [0.2, 0.25) is 5.91 Å². The van der Waals surface area contributed by atoms with Crippen LogP contribution in [0, 0.1) is 0 Å². The number of anilines is 1. The van der Waals surface area contributed by atoms with Crippen LogP contribution >= 0.6 is 11.8 Å². The number of hydrogen-bond acceptors (Lipinski definition) is 5. The lowest BCUT2D eigenvalue weighted by Gasteiger charge is -2.30. The number of alkyl halides is 3. The van der Waals surface area contributed by atoms with E-state index in [0.717, 1.165) is 56.3 Å². The number of morpholine rings is 1. The van der Waals surface area contributed by atoms with Crippen molar-refractivity contribution in [2.75, 3.05) is 50.8 Å². The summed E-state index contributed by atoms with van der Waals surface area (Å²) in [6.45, 7) is 4.46. The average molecular weight is 506 g/mol. The number of thioether (sulfide) groups is 1. The number of para-hydroxylation sites is 1. The molecule has 186 valence electrons. The van der Waals surface area contributed by atoms with Gasteiger partial charge in [-0.3, -0.25) is 19.4 Å². The Bertz CT molecular complexity index is 1080. The number of halogens is 3. The van der Waals surface area contributed by atoms with Crippen molar-refractivity contribution in [3.05, 3.63) is 64.6 Å². The zero-order chi connectivity index (χ0) is 24.8. The number of benzene rings is 2. The number of nitrogens with one attached hydrogen (secondary N) is 1. The summed E-state index contributed by atoms with van der Waals surface area (Å²) < 4.78 is 43.9. The molecule has 0 saturated carbocycles. The molecule has 0 aliphatic carbocycles. The Balaban J connectivity index is 1.42. The van der Waals surface area contributed by atoms with Crippen LogP contribution in [0.15, 0.2) is 58.3 Å². The topological polar surface area (TPSA) is 61.9 Å². The monoisotopic (exact) mass is 505 g/mol. The maximum atomic E-state index is 13.2. The largest absolute Gasteiger partial charge is 0.416 e. The molecule has 2 aliphatic rings. The molecule has 0 radical (unpaired) electrons. The van der Waals surface area contributed by atoms with Crippen LogP contribution in [0.3, 0.4) is 0 Å². The molecule has 2 amide bonds. The molecule has 0 spiro atoms. The van der Waals surface area contributed by atoms with Crippen molar-refractivity contribution in [2.45, 2.75) is 17.5 Å². The highest BCUT2D eigenvalue weighted by atomic mass is 32.2. The molecule has 0 atom stereocenters. The van der Waals surface area contributed by atoms with E-state index in [9.17, 15) is 22.8 Å². The van der Waals surface area contributed by atoms with Crippen molar-refractivity contribution in [3.63, 3.8) is 0 Å². The first-order chi connectivity index (χ1) is 16.8. The average Bonchev–Trinajstić information content (AvgIpc) is 2.85. The lowest BCUT2D eigenvalue weighted by atomic mass is 10.1. The molecule has 2 heterocycles. The van der Waals surface area contributed by atoms with Gasteiger partial charge in [-0.1, -0.05) is 36.0 Å². The van der Waals surface area contributed by atoms with Gasteiger partial charge in [-0.05, 0) is 48.9 Å². The van der Waals surface area contributed by atoms with Crippen LogP contribution in [-0.2, 0) is 20.5 Å². The molecule has 35 heavy (non-hydrogen) atoms. The molecule has 6 nitrogen and oxygen atoms in total. The second kappa shape index (κ2) is 11.3. The fraction of sp³-hybridized carbons (Fsp3) is 0.360. The van der Waals surface area contributed by atoms with Crippen LogP contribution in [-0.4, -0.2) is 62.7 Å². The minimum absolute atomic E-state index is 0.141. The Kier molecular flexibility index (Phi) is 8.15. The number of ether oxygens (including phenoxy) is 1. The van der Waals surface area contributed by atoms with Crippen LogP contribution in [0.4, 0.5) is 18.9 Å². The van der Waals surface area contributed by atoms with Crippen molar-refractivity contribution in [1.29, 1.82) is 0 Å². The van der Waals surface area contributed by atoms with Gasteiger partial charge >= 0.3 is 6.18 Å². The molecule has 2 aromatic rings. The quantitative estimate of drug-likeness (QED) is 0.455. The Morgan fingerprint density at radius 2 is 1.80 bits per heavy atom. The van der Waals surface area contributed by atoms with E-state index in [-0.39, 0.29) is 18.4 Å². The summed E-state index contributed by atoms with van der Waals surface area (Å²) in [4.78, 5) is 30.7. The highest BCUT2D eigenvalue weighted by molar-refractivity contribution is 8.04. The molecule has 2 aliphatic heterocycles. The third kappa shape index (κ3) is 6.65. The van der Waals surface area contributed by atoms with Gasteiger partial charge in [0.1, 0.15) is 6.54 Å². The van der Waals surface area contributed by atoms with Gasteiger partial charge < -0.3 is 10.1 Å². The molecule has 1 saturated heterocycles. The highest BCUT2D eigenvalue weighted by Crippen LogP contribution is 2.42. The molecule has 2 aromatic carbocycles. The molecule has 1 fully saturated rings. The first kappa shape index (κ1) is 25.3. The number of fused-ring (bicyclic) bond motifs is 1. The first-order valence-corrected chi connectivity index (χ1v) is 12.2. The Hall–Kier alpha value is -2.82. The van der Waals surface area contributed by atoms with Gasteiger partial charge in [0.05, 0.1) is 29.4 Å². The van der Waals surface area contributed by atoms with Crippen molar-refractivity contribution in [1.82, 2.24) is 10.2 Å². The highest BCUT2D eigenvalue weighted by Gasteiger charge is 2.31. The number of rotatable bonds is 7. The van der Waals surface area contributed by atoms with Crippen molar-refractivity contribution < 1.29 is 27.5 Å². The third-order valence-corrected chi connectivity index (χ3v) is 6.82. The molecule has 0 aromatic heterocycles. The van der Waals surface area contributed by atoms with Gasteiger partial charge in [0.15, 0.2) is 0 Å². The molecule has 0 unspecified atom stereocenters. The predicted molar refractivity (Wildman–Crippen MR) is 129 cm³/mol. The maximum absolute atomic E-state index is 13.2. The maximum Gasteiger partial charge on any atom is 0.416 e. The zero-order valence-corrected chi connectivity index (χ0v) is 19.8. The Labute approximate surface area is 206 Å². The Morgan fingerprint density at radius 1 is 1.09 bits per heavy atom. The second-order valence-corrected chi connectivity index (χ2v) is 9.33. The third-order valence-electron chi connectivity index (χ3n) is 5.75. The number of amides is 2. The summed E-state index contributed by atoms with van der Waals surface area (Å²) in [5, 5.41) is 2.88. The minimum atomic E-state index is -4.42. The lowest BCUT2D eigenvalue weighted by Crippen LogP contribution is -2.43. The van der Waals surface area contributed by atoms with E-state index in [0.29, 0.717) is 22.7 Å². The Morgan fingerprint density at radius 3 is 2.51 bits per heavy atom. The summed E-state index contributed by atoms with van der Waals surface area (Å²) >= 11 is 1.24. The molecular weight excluding hydrogens is 479 g/mol. The number of hydrogen-bond donors (Lipinski definition) is 1. The fourth-order valence-electron chi connectivity index (χ4n) is 3.89. The van der Waals surface area contributed by atoms with Crippen molar-refractivity contribution in [2.24, 2.45) is 0 Å². The molecular formula is C25H26F3N3O3S. The number of carbonyl (C=O) groups excluding carboxylic acids is 2. The summed E-state index contributed by atoms with van der Waals surface area (Å²) in [5.74, 6) is -0.632. The first-order valence-electron chi connectivity index (χ1n) is 11.4. The van der Waals surface area contributed by atoms with Gasteiger partial charge in [0.25, 0.3) is 5.91 Å².